The van der Waals surface area contributed by atoms with Crippen LogP contribution in [0.2, 0.25) is 0 Å². The van der Waals surface area contributed by atoms with E-state index in [1.54, 1.807) is 4.68 Å². The van der Waals surface area contributed by atoms with Crippen LogP contribution in [-0.4, -0.2) is 57.6 Å². The average molecular weight is 303 g/mol. The van der Waals surface area contributed by atoms with E-state index in [2.05, 4.69) is 30.3 Å². The molecule has 1 aliphatic rings. The third-order valence-corrected chi connectivity index (χ3v) is 3.44. The third-order valence-electron chi connectivity index (χ3n) is 3.44. The van der Waals surface area contributed by atoms with Crippen molar-refractivity contribution in [3.8, 4) is 5.95 Å². The van der Waals surface area contributed by atoms with E-state index in [0.29, 0.717) is 31.1 Å². The number of hydrogen-bond acceptors (Lipinski definition) is 7. The molecule has 0 bridgehead atoms. The number of aromatic nitrogens is 5. The van der Waals surface area contributed by atoms with Crippen LogP contribution in [0.5, 0.6) is 0 Å². The van der Waals surface area contributed by atoms with E-state index in [1.165, 1.54) is 0 Å². The Hall–Kier alpha value is -2.22. The molecule has 0 spiro atoms. The number of nitrogens with one attached hydrogen (secondary N) is 1. The van der Waals surface area contributed by atoms with Crippen LogP contribution < -0.4 is 10.2 Å². The summed E-state index contributed by atoms with van der Waals surface area (Å²) in [7, 11) is 0. The molecule has 1 aliphatic heterocycles. The van der Waals surface area contributed by atoms with Gasteiger partial charge in [-0.25, -0.2) is 4.68 Å². The second-order valence-electron chi connectivity index (χ2n) is 5.23. The number of morpholine rings is 1. The maximum atomic E-state index is 5.39. The summed E-state index contributed by atoms with van der Waals surface area (Å²) < 4.78 is 7.14. The van der Waals surface area contributed by atoms with Crippen LogP contribution in [0.15, 0.2) is 6.07 Å². The topological polar surface area (TPSA) is 81.0 Å². The molecule has 0 unspecified atom stereocenters. The molecule has 0 aliphatic carbocycles. The third kappa shape index (κ3) is 3.01. The van der Waals surface area contributed by atoms with E-state index in [4.69, 9.17) is 4.74 Å². The van der Waals surface area contributed by atoms with Crippen LogP contribution in [0.1, 0.15) is 18.3 Å². The fourth-order valence-corrected chi connectivity index (χ4v) is 2.42. The normalized spacial score (nSPS) is 15.1. The second-order valence-corrected chi connectivity index (χ2v) is 5.23. The van der Waals surface area contributed by atoms with Gasteiger partial charge in [0.15, 0.2) is 0 Å². The Morgan fingerprint density at radius 1 is 1.14 bits per heavy atom. The van der Waals surface area contributed by atoms with Crippen LogP contribution in [0.3, 0.4) is 0 Å². The van der Waals surface area contributed by atoms with E-state index < -0.39 is 0 Å². The molecule has 0 saturated carbocycles. The van der Waals surface area contributed by atoms with Crippen molar-refractivity contribution in [3.05, 3.63) is 17.5 Å². The minimum atomic E-state index is 0.540. The number of hydrogen-bond donors (Lipinski definition) is 1. The molecule has 1 saturated heterocycles. The number of anilines is 2. The Labute approximate surface area is 129 Å². The van der Waals surface area contributed by atoms with Gasteiger partial charge < -0.3 is 15.0 Å². The summed E-state index contributed by atoms with van der Waals surface area (Å²) in [6.45, 7) is 9.67. The van der Waals surface area contributed by atoms with Gasteiger partial charge in [-0.2, -0.15) is 20.1 Å². The lowest BCUT2D eigenvalue weighted by Gasteiger charge is -2.27. The van der Waals surface area contributed by atoms with E-state index in [9.17, 15) is 0 Å². The summed E-state index contributed by atoms with van der Waals surface area (Å²) in [6.07, 6.45) is 0. The molecule has 2 aromatic heterocycles. The molecule has 8 heteroatoms. The molecule has 3 heterocycles. The van der Waals surface area contributed by atoms with Gasteiger partial charge in [-0.3, -0.25) is 0 Å². The lowest BCUT2D eigenvalue weighted by molar-refractivity contribution is 0.122. The Kier molecular flexibility index (Phi) is 4.19. The molecular weight excluding hydrogens is 282 g/mol. The van der Waals surface area contributed by atoms with Gasteiger partial charge in [0.2, 0.25) is 11.9 Å². The first kappa shape index (κ1) is 14.7. The highest BCUT2D eigenvalue weighted by atomic mass is 16.5. The number of ether oxygens (including phenoxy) is 1. The van der Waals surface area contributed by atoms with Crippen molar-refractivity contribution in [1.82, 2.24) is 24.7 Å². The molecule has 0 radical (unpaired) electrons. The highest BCUT2D eigenvalue weighted by Gasteiger charge is 2.18. The highest BCUT2D eigenvalue weighted by Crippen LogP contribution is 2.16. The first-order chi connectivity index (χ1) is 10.7. The molecule has 118 valence electrons. The molecule has 22 heavy (non-hydrogen) atoms. The van der Waals surface area contributed by atoms with Crippen LogP contribution in [0, 0.1) is 13.8 Å². The molecule has 2 aromatic rings. The quantitative estimate of drug-likeness (QED) is 0.900. The first-order valence-corrected chi connectivity index (χ1v) is 7.53. The monoisotopic (exact) mass is 303 g/mol. The zero-order valence-corrected chi connectivity index (χ0v) is 13.2. The molecule has 3 rings (SSSR count). The Morgan fingerprint density at radius 2 is 1.86 bits per heavy atom. The first-order valence-electron chi connectivity index (χ1n) is 7.53. The predicted molar refractivity (Wildman–Crippen MR) is 83.6 cm³/mol. The van der Waals surface area contributed by atoms with Gasteiger partial charge >= 0.3 is 0 Å². The van der Waals surface area contributed by atoms with Crippen molar-refractivity contribution in [2.24, 2.45) is 0 Å². The molecule has 0 amide bonds. The van der Waals surface area contributed by atoms with Gasteiger partial charge in [0, 0.05) is 25.3 Å². The Balaban J connectivity index is 2.01. The van der Waals surface area contributed by atoms with Crippen LogP contribution in [0.4, 0.5) is 11.9 Å². The van der Waals surface area contributed by atoms with Crippen molar-refractivity contribution < 1.29 is 4.74 Å². The van der Waals surface area contributed by atoms with E-state index in [0.717, 1.165) is 31.0 Å². The molecule has 0 atom stereocenters. The zero-order valence-electron chi connectivity index (χ0n) is 13.2. The van der Waals surface area contributed by atoms with Crippen molar-refractivity contribution >= 4 is 11.9 Å². The summed E-state index contributed by atoms with van der Waals surface area (Å²) in [5, 5.41) is 7.62. The van der Waals surface area contributed by atoms with Gasteiger partial charge in [-0.15, -0.1) is 0 Å². The predicted octanol–water partition coefficient (Wildman–Crippen LogP) is 0.943. The Morgan fingerprint density at radius 3 is 2.50 bits per heavy atom. The van der Waals surface area contributed by atoms with Crippen molar-refractivity contribution in [2.45, 2.75) is 20.8 Å². The standard InChI is InChI=1S/C14H21N7O/c1-4-15-12-16-13(20-5-7-22-8-6-20)18-14(17-12)21-11(3)9-10(2)19-21/h9H,4-8H2,1-3H3,(H,15,16,17,18). The van der Waals surface area contributed by atoms with Crippen LogP contribution >= 0.6 is 0 Å². The summed E-state index contributed by atoms with van der Waals surface area (Å²) in [5.41, 5.74) is 1.94. The smallest absolute Gasteiger partial charge is 0.257 e. The highest BCUT2D eigenvalue weighted by molar-refractivity contribution is 5.40. The summed E-state index contributed by atoms with van der Waals surface area (Å²) in [4.78, 5) is 15.7. The minimum absolute atomic E-state index is 0.540. The Bertz CT molecular complexity index is 649. The molecular formula is C14H21N7O. The largest absolute Gasteiger partial charge is 0.378 e. The van der Waals surface area contributed by atoms with E-state index >= 15 is 0 Å². The van der Waals surface area contributed by atoms with Gasteiger partial charge in [0.05, 0.1) is 18.9 Å². The van der Waals surface area contributed by atoms with Crippen molar-refractivity contribution in [1.29, 1.82) is 0 Å². The fourth-order valence-electron chi connectivity index (χ4n) is 2.42. The van der Waals surface area contributed by atoms with Gasteiger partial charge in [-0.1, -0.05) is 0 Å². The zero-order chi connectivity index (χ0) is 15.5. The van der Waals surface area contributed by atoms with Crippen molar-refractivity contribution in [2.75, 3.05) is 43.1 Å². The van der Waals surface area contributed by atoms with Crippen LogP contribution in [0.25, 0.3) is 5.95 Å². The van der Waals surface area contributed by atoms with Gasteiger partial charge in [0.1, 0.15) is 0 Å². The fraction of sp³-hybridized carbons (Fsp3) is 0.571. The SMILES string of the molecule is CCNc1nc(N2CCOCC2)nc(-n2nc(C)cc2C)n1. The summed E-state index contributed by atoms with van der Waals surface area (Å²) in [5.74, 6) is 1.77. The number of rotatable bonds is 4. The van der Waals surface area contributed by atoms with Gasteiger partial charge in [-0.05, 0) is 26.8 Å². The lowest BCUT2D eigenvalue weighted by atomic mass is 10.4. The molecule has 0 aromatic carbocycles. The average Bonchev–Trinajstić information content (AvgIpc) is 2.87. The van der Waals surface area contributed by atoms with E-state index in [1.807, 2.05) is 26.8 Å². The maximum absolute atomic E-state index is 5.39. The summed E-state index contributed by atoms with van der Waals surface area (Å²) in [6, 6.07) is 2.01. The second kappa shape index (κ2) is 6.27. The maximum Gasteiger partial charge on any atom is 0.257 e. The lowest BCUT2D eigenvalue weighted by Crippen LogP contribution is -2.37. The van der Waals surface area contributed by atoms with E-state index in [-0.39, 0.29) is 0 Å². The van der Waals surface area contributed by atoms with Crippen LogP contribution in [-0.2, 0) is 4.74 Å². The molecule has 8 nitrogen and oxygen atoms in total. The number of aryl methyl sites for hydroxylation is 2. The van der Waals surface area contributed by atoms with Crippen molar-refractivity contribution in [3.63, 3.8) is 0 Å². The molecule has 1 N–H and O–H groups in total. The summed E-state index contributed by atoms with van der Waals surface area (Å²) >= 11 is 0. The molecule has 1 fully saturated rings. The number of nitrogens with zero attached hydrogens (tertiary/aromatic N) is 6. The van der Waals surface area contributed by atoms with Gasteiger partial charge in [0.25, 0.3) is 5.95 Å². The minimum Gasteiger partial charge on any atom is -0.378 e.